The van der Waals surface area contributed by atoms with E-state index in [1.165, 1.54) is 0 Å². The third-order valence-corrected chi connectivity index (χ3v) is 4.95. The standard InChI is InChI=1S/C12H18O3/c1-10(2)7-12(9(14)15)5-4-11(10,3)8(13)6-12/h4-7H2,1-3H3,(H,14,15)/t11-,12-/m0/s1. The second-order valence-electron chi connectivity index (χ2n) is 6.08. The molecule has 0 aliphatic heterocycles. The third-order valence-electron chi connectivity index (χ3n) is 4.95. The highest BCUT2D eigenvalue weighted by molar-refractivity contribution is 5.93. The van der Waals surface area contributed by atoms with E-state index in [9.17, 15) is 14.7 Å². The normalized spacial score (nSPS) is 43.0. The van der Waals surface area contributed by atoms with Crippen LogP contribution in [0.2, 0.25) is 0 Å². The largest absolute Gasteiger partial charge is 0.481 e. The van der Waals surface area contributed by atoms with Crippen molar-refractivity contribution in [1.29, 1.82) is 0 Å². The summed E-state index contributed by atoms with van der Waals surface area (Å²) in [6.45, 7) is 6.06. The number of hydrogen-bond donors (Lipinski definition) is 1. The number of carboxylic acid groups (broad SMARTS) is 1. The Bertz CT molecular complexity index is 345. The molecule has 0 radical (unpaired) electrons. The van der Waals surface area contributed by atoms with Crippen LogP contribution < -0.4 is 0 Å². The Morgan fingerprint density at radius 3 is 2.27 bits per heavy atom. The highest BCUT2D eigenvalue weighted by Crippen LogP contribution is 2.63. The smallest absolute Gasteiger partial charge is 0.310 e. The van der Waals surface area contributed by atoms with E-state index in [2.05, 4.69) is 0 Å². The van der Waals surface area contributed by atoms with Crippen LogP contribution >= 0.6 is 0 Å². The third kappa shape index (κ3) is 1.12. The minimum atomic E-state index is -0.786. The van der Waals surface area contributed by atoms with Crippen molar-refractivity contribution in [3.05, 3.63) is 0 Å². The molecule has 0 aromatic rings. The molecule has 15 heavy (non-hydrogen) atoms. The lowest BCUT2D eigenvalue weighted by atomic mass is 9.44. The number of Topliss-reactive ketones (excluding diaryl/α,β-unsaturated/α-hetero) is 1. The first kappa shape index (κ1) is 10.7. The molecule has 0 spiro atoms. The van der Waals surface area contributed by atoms with Crippen molar-refractivity contribution in [2.75, 3.05) is 0 Å². The van der Waals surface area contributed by atoms with Crippen molar-refractivity contribution >= 4 is 11.8 Å². The van der Waals surface area contributed by atoms with Gasteiger partial charge in [0.15, 0.2) is 0 Å². The quantitative estimate of drug-likeness (QED) is 0.722. The van der Waals surface area contributed by atoms with Gasteiger partial charge in [0.1, 0.15) is 5.78 Å². The first-order valence-corrected chi connectivity index (χ1v) is 5.50. The molecule has 0 unspecified atom stereocenters. The van der Waals surface area contributed by atoms with Crippen LogP contribution in [0.25, 0.3) is 0 Å². The summed E-state index contributed by atoms with van der Waals surface area (Å²) in [6.07, 6.45) is 2.26. The molecular weight excluding hydrogens is 192 g/mol. The molecule has 3 aliphatic rings. The fraction of sp³-hybridized carbons (Fsp3) is 0.833. The molecule has 0 saturated heterocycles. The number of aliphatic carboxylic acids is 1. The summed E-state index contributed by atoms with van der Waals surface area (Å²) < 4.78 is 0. The van der Waals surface area contributed by atoms with Gasteiger partial charge >= 0.3 is 5.97 Å². The van der Waals surface area contributed by atoms with E-state index in [1.807, 2.05) is 20.8 Å². The zero-order valence-corrected chi connectivity index (χ0v) is 9.59. The van der Waals surface area contributed by atoms with Gasteiger partial charge in [-0.15, -0.1) is 0 Å². The van der Waals surface area contributed by atoms with Crippen molar-refractivity contribution in [2.45, 2.75) is 46.5 Å². The number of hydrogen-bond acceptors (Lipinski definition) is 2. The predicted molar refractivity (Wildman–Crippen MR) is 55.4 cm³/mol. The Morgan fingerprint density at radius 2 is 1.87 bits per heavy atom. The second kappa shape index (κ2) is 2.63. The van der Waals surface area contributed by atoms with Crippen molar-refractivity contribution in [3.63, 3.8) is 0 Å². The molecule has 0 amide bonds. The van der Waals surface area contributed by atoms with Gasteiger partial charge in [-0.1, -0.05) is 20.8 Å². The van der Waals surface area contributed by atoms with Crippen molar-refractivity contribution < 1.29 is 14.7 Å². The first-order chi connectivity index (χ1) is 6.74. The minimum absolute atomic E-state index is 0.146. The summed E-state index contributed by atoms with van der Waals surface area (Å²) >= 11 is 0. The summed E-state index contributed by atoms with van der Waals surface area (Å²) in [6, 6.07) is 0. The van der Waals surface area contributed by atoms with Crippen LogP contribution in [-0.4, -0.2) is 16.9 Å². The number of carboxylic acids is 1. The number of carbonyl (C=O) groups is 2. The van der Waals surface area contributed by atoms with Gasteiger partial charge in [0.25, 0.3) is 0 Å². The highest BCUT2D eigenvalue weighted by atomic mass is 16.4. The number of ketones is 1. The molecule has 0 aromatic heterocycles. The first-order valence-electron chi connectivity index (χ1n) is 5.50. The molecule has 3 heteroatoms. The predicted octanol–water partition coefficient (Wildman–Crippen LogP) is 2.25. The van der Waals surface area contributed by atoms with E-state index in [4.69, 9.17) is 0 Å². The average Bonchev–Trinajstić information content (AvgIpc) is 2.08. The summed E-state index contributed by atoms with van der Waals surface area (Å²) in [7, 11) is 0. The van der Waals surface area contributed by atoms with Gasteiger partial charge in [-0.05, 0) is 24.7 Å². The van der Waals surface area contributed by atoms with Gasteiger partial charge in [-0.3, -0.25) is 9.59 Å². The van der Waals surface area contributed by atoms with Crippen LogP contribution in [0.1, 0.15) is 46.5 Å². The molecule has 3 aliphatic carbocycles. The Hall–Kier alpha value is -0.860. The van der Waals surface area contributed by atoms with E-state index in [0.29, 0.717) is 12.8 Å². The summed E-state index contributed by atoms with van der Waals surface area (Å²) in [5.41, 5.74) is -1.25. The van der Waals surface area contributed by atoms with E-state index in [0.717, 1.165) is 6.42 Å². The average molecular weight is 210 g/mol. The Labute approximate surface area is 89.9 Å². The van der Waals surface area contributed by atoms with E-state index in [-0.39, 0.29) is 23.0 Å². The zero-order chi connectivity index (χ0) is 11.5. The lowest BCUT2D eigenvalue weighted by molar-refractivity contribution is -0.179. The van der Waals surface area contributed by atoms with Gasteiger partial charge in [0, 0.05) is 11.8 Å². The van der Waals surface area contributed by atoms with Crippen molar-refractivity contribution in [1.82, 2.24) is 0 Å². The number of rotatable bonds is 1. The maximum absolute atomic E-state index is 12.0. The Kier molecular flexibility index (Phi) is 1.87. The fourth-order valence-corrected chi connectivity index (χ4v) is 3.39. The summed E-state index contributed by atoms with van der Waals surface area (Å²) in [5.74, 6) is -0.641. The van der Waals surface area contributed by atoms with Crippen LogP contribution in [0.5, 0.6) is 0 Å². The van der Waals surface area contributed by atoms with Crippen LogP contribution in [0.15, 0.2) is 0 Å². The van der Waals surface area contributed by atoms with Gasteiger partial charge in [0.05, 0.1) is 5.41 Å². The van der Waals surface area contributed by atoms with Gasteiger partial charge in [0.2, 0.25) is 0 Å². The summed E-state index contributed by atoms with van der Waals surface area (Å²) in [5, 5.41) is 9.30. The molecule has 3 rings (SSSR count). The molecule has 0 heterocycles. The van der Waals surface area contributed by atoms with Gasteiger partial charge < -0.3 is 5.11 Å². The molecule has 1 N–H and O–H groups in total. The second-order valence-corrected chi connectivity index (χ2v) is 6.08. The molecule has 0 aromatic carbocycles. The Balaban J connectivity index is 2.47. The molecule has 2 atom stereocenters. The van der Waals surface area contributed by atoms with Crippen LogP contribution in [-0.2, 0) is 9.59 Å². The van der Waals surface area contributed by atoms with Crippen molar-refractivity contribution in [2.24, 2.45) is 16.2 Å². The monoisotopic (exact) mass is 210 g/mol. The maximum Gasteiger partial charge on any atom is 0.310 e. The maximum atomic E-state index is 12.0. The number of fused-ring (bicyclic) bond motifs is 3. The van der Waals surface area contributed by atoms with Gasteiger partial charge in [-0.25, -0.2) is 0 Å². The highest BCUT2D eigenvalue weighted by Gasteiger charge is 2.63. The Morgan fingerprint density at radius 1 is 1.27 bits per heavy atom. The van der Waals surface area contributed by atoms with E-state index in [1.54, 1.807) is 0 Å². The molecule has 3 saturated carbocycles. The SMILES string of the molecule is CC1(C)C[C@]2(C(=O)O)CC[C@@]1(C)C(=O)C2. The van der Waals surface area contributed by atoms with Crippen LogP contribution in [0.3, 0.4) is 0 Å². The van der Waals surface area contributed by atoms with E-state index >= 15 is 0 Å². The number of carbonyl (C=O) groups excluding carboxylic acids is 1. The fourth-order valence-electron chi connectivity index (χ4n) is 3.39. The lowest BCUT2D eigenvalue weighted by Crippen LogP contribution is -2.59. The topological polar surface area (TPSA) is 54.4 Å². The van der Waals surface area contributed by atoms with Gasteiger partial charge in [-0.2, -0.15) is 0 Å². The zero-order valence-electron chi connectivity index (χ0n) is 9.59. The molecule has 3 fully saturated rings. The van der Waals surface area contributed by atoms with Crippen molar-refractivity contribution in [3.8, 4) is 0 Å². The van der Waals surface area contributed by atoms with E-state index < -0.39 is 11.4 Å². The molecule has 3 nitrogen and oxygen atoms in total. The lowest BCUT2D eigenvalue weighted by Gasteiger charge is -2.58. The summed E-state index contributed by atoms with van der Waals surface area (Å²) in [4.78, 5) is 23.4. The minimum Gasteiger partial charge on any atom is -0.481 e. The van der Waals surface area contributed by atoms with Crippen LogP contribution in [0.4, 0.5) is 0 Å². The molecule has 84 valence electrons. The molecule has 2 bridgehead atoms. The van der Waals surface area contributed by atoms with Crippen LogP contribution in [0, 0.1) is 16.2 Å². The molecular formula is C12H18O3.